The van der Waals surface area contributed by atoms with Crippen molar-refractivity contribution in [2.24, 2.45) is 5.92 Å². The summed E-state index contributed by atoms with van der Waals surface area (Å²) in [7, 11) is 0. The second-order valence-electron chi connectivity index (χ2n) is 5.25. The maximum absolute atomic E-state index is 12.1. The SMILES string of the molecule is CC1(NC(=O)[C@H]2CCCNC2)CCCOC1. The number of nitrogens with one attached hydrogen (secondary N) is 2. The number of hydrogen-bond acceptors (Lipinski definition) is 3. The molecule has 0 aromatic heterocycles. The second-order valence-corrected chi connectivity index (χ2v) is 5.25. The van der Waals surface area contributed by atoms with Crippen LogP contribution in [0.1, 0.15) is 32.6 Å². The molecule has 2 N–H and O–H groups in total. The fraction of sp³-hybridized carbons (Fsp3) is 0.917. The van der Waals surface area contributed by atoms with E-state index < -0.39 is 0 Å². The van der Waals surface area contributed by atoms with Gasteiger partial charge in [-0.1, -0.05) is 0 Å². The summed E-state index contributed by atoms with van der Waals surface area (Å²) in [6.45, 7) is 5.43. The van der Waals surface area contributed by atoms with Gasteiger partial charge in [-0.3, -0.25) is 4.79 Å². The van der Waals surface area contributed by atoms with Gasteiger partial charge >= 0.3 is 0 Å². The van der Waals surface area contributed by atoms with E-state index in [2.05, 4.69) is 17.6 Å². The molecule has 2 fully saturated rings. The van der Waals surface area contributed by atoms with Crippen LogP contribution >= 0.6 is 0 Å². The van der Waals surface area contributed by atoms with Crippen molar-refractivity contribution in [3.63, 3.8) is 0 Å². The molecule has 0 spiro atoms. The van der Waals surface area contributed by atoms with Crippen molar-refractivity contribution in [1.29, 1.82) is 0 Å². The highest BCUT2D eigenvalue weighted by atomic mass is 16.5. The van der Waals surface area contributed by atoms with Crippen molar-refractivity contribution in [2.75, 3.05) is 26.3 Å². The van der Waals surface area contributed by atoms with Crippen molar-refractivity contribution >= 4 is 5.91 Å². The summed E-state index contributed by atoms with van der Waals surface area (Å²) < 4.78 is 5.44. The Bertz CT molecular complexity index is 243. The minimum absolute atomic E-state index is 0.146. The summed E-state index contributed by atoms with van der Waals surface area (Å²) in [5, 5.41) is 6.43. The molecule has 2 atom stereocenters. The molecule has 92 valence electrons. The van der Waals surface area contributed by atoms with Crippen LogP contribution in [-0.4, -0.2) is 37.7 Å². The standard InChI is InChI=1S/C12H22N2O2/c1-12(5-3-7-16-9-12)14-11(15)10-4-2-6-13-8-10/h10,13H,2-9H2,1H3,(H,14,15)/t10-,12?/m0/s1. The predicted octanol–water partition coefficient (Wildman–Crippen LogP) is 0.671. The molecule has 2 aliphatic rings. The monoisotopic (exact) mass is 226 g/mol. The Kier molecular flexibility index (Phi) is 3.82. The molecule has 0 bridgehead atoms. The van der Waals surface area contributed by atoms with Crippen LogP contribution in [0.5, 0.6) is 0 Å². The average molecular weight is 226 g/mol. The fourth-order valence-electron chi connectivity index (χ4n) is 2.51. The molecule has 2 saturated heterocycles. The topological polar surface area (TPSA) is 50.4 Å². The normalized spacial score (nSPS) is 35.7. The van der Waals surface area contributed by atoms with Crippen LogP contribution in [-0.2, 0) is 9.53 Å². The van der Waals surface area contributed by atoms with E-state index in [-0.39, 0.29) is 17.4 Å². The largest absolute Gasteiger partial charge is 0.379 e. The number of carbonyl (C=O) groups is 1. The van der Waals surface area contributed by atoms with Gasteiger partial charge in [0.25, 0.3) is 0 Å². The molecule has 4 heteroatoms. The molecule has 2 aliphatic heterocycles. The van der Waals surface area contributed by atoms with E-state index >= 15 is 0 Å². The summed E-state index contributed by atoms with van der Waals surface area (Å²) in [4.78, 5) is 12.1. The van der Waals surface area contributed by atoms with Crippen LogP contribution in [0.4, 0.5) is 0 Å². The number of carbonyl (C=O) groups excluding carboxylic acids is 1. The van der Waals surface area contributed by atoms with Crippen molar-refractivity contribution in [3.8, 4) is 0 Å². The van der Waals surface area contributed by atoms with Gasteiger partial charge in [-0.05, 0) is 39.2 Å². The number of hydrogen-bond donors (Lipinski definition) is 2. The molecule has 16 heavy (non-hydrogen) atoms. The van der Waals surface area contributed by atoms with Gasteiger partial charge in [0.05, 0.1) is 18.1 Å². The summed E-state index contributed by atoms with van der Waals surface area (Å²) >= 11 is 0. The summed E-state index contributed by atoms with van der Waals surface area (Å²) in [5.41, 5.74) is -0.146. The number of amides is 1. The zero-order valence-corrected chi connectivity index (χ0v) is 10.1. The first-order valence-electron chi connectivity index (χ1n) is 6.30. The van der Waals surface area contributed by atoms with E-state index in [1.165, 1.54) is 0 Å². The lowest BCUT2D eigenvalue weighted by Crippen LogP contribution is -2.54. The lowest BCUT2D eigenvalue weighted by molar-refractivity contribution is -0.129. The third kappa shape index (κ3) is 2.95. The van der Waals surface area contributed by atoms with E-state index in [4.69, 9.17) is 4.74 Å². The predicted molar refractivity (Wildman–Crippen MR) is 62.2 cm³/mol. The van der Waals surface area contributed by atoms with E-state index in [1.54, 1.807) is 0 Å². The van der Waals surface area contributed by atoms with Gasteiger partial charge in [-0.15, -0.1) is 0 Å². The van der Waals surface area contributed by atoms with Gasteiger partial charge in [-0.2, -0.15) is 0 Å². The van der Waals surface area contributed by atoms with Gasteiger partial charge in [0.15, 0.2) is 0 Å². The van der Waals surface area contributed by atoms with E-state index in [0.717, 1.165) is 45.4 Å². The summed E-state index contributed by atoms with van der Waals surface area (Å²) in [5.74, 6) is 0.340. The maximum atomic E-state index is 12.1. The minimum Gasteiger partial charge on any atom is -0.379 e. The molecule has 0 saturated carbocycles. The number of ether oxygens (including phenoxy) is 1. The van der Waals surface area contributed by atoms with Crippen LogP contribution in [0.15, 0.2) is 0 Å². The molecule has 0 aromatic rings. The molecule has 2 heterocycles. The Morgan fingerprint density at radius 1 is 1.50 bits per heavy atom. The average Bonchev–Trinajstić information content (AvgIpc) is 2.30. The summed E-state index contributed by atoms with van der Waals surface area (Å²) in [6, 6.07) is 0. The Labute approximate surface area is 97.1 Å². The first kappa shape index (κ1) is 11.9. The maximum Gasteiger partial charge on any atom is 0.224 e. The molecule has 1 amide bonds. The van der Waals surface area contributed by atoms with E-state index in [0.29, 0.717) is 6.61 Å². The molecule has 1 unspecified atom stereocenters. The van der Waals surface area contributed by atoms with Crippen LogP contribution < -0.4 is 10.6 Å². The molecule has 2 rings (SSSR count). The zero-order chi connectivity index (χ0) is 11.4. The highest BCUT2D eigenvalue weighted by Crippen LogP contribution is 2.20. The number of rotatable bonds is 2. The van der Waals surface area contributed by atoms with Crippen molar-refractivity contribution in [1.82, 2.24) is 10.6 Å². The molecule has 0 aromatic carbocycles. The third-order valence-corrected chi connectivity index (χ3v) is 3.53. The lowest BCUT2D eigenvalue weighted by atomic mass is 9.92. The van der Waals surface area contributed by atoms with Gasteiger partial charge in [-0.25, -0.2) is 0 Å². The van der Waals surface area contributed by atoms with Gasteiger partial charge in [0, 0.05) is 13.2 Å². The molecule has 4 nitrogen and oxygen atoms in total. The van der Waals surface area contributed by atoms with Gasteiger partial charge in [0.2, 0.25) is 5.91 Å². The van der Waals surface area contributed by atoms with E-state index in [1.807, 2.05) is 0 Å². The first-order chi connectivity index (χ1) is 7.70. The Hall–Kier alpha value is -0.610. The molecular formula is C12H22N2O2. The van der Waals surface area contributed by atoms with Gasteiger partial charge in [0.1, 0.15) is 0 Å². The van der Waals surface area contributed by atoms with Gasteiger partial charge < -0.3 is 15.4 Å². The van der Waals surface area contributed by atoms with Crippen molar-refractivity contribution < 1.29 is 9.53 Å². The highest BCUT2D eigenvalue weighted by molar-refractivity contribution is 5.79. The van der Waals surface area contributed by atoms with Crippen LogP contribution in [0.2, 0.25) is 0 Å². The van der Waals surface area contributed by atoms with Crippen LogP contribution in [0, 0.1) is 5.92 Å². The molecule has 0 radical (unpaired) electrons. The Morgan fingerprint density at radius 3 is 3.00 bits per heavy atom. The molecular weight excluding hydrogens is 204 g/mol. The molecule has 0 aliphatic carbocycles. The second kappa shape index (κ2) is 5.15. The number of piperidine rings is 1. The van der Waals surface area contributed by atoms with Crippen molar-refractivity contribution in [3.05, 3.63) is 0 Å². The zero-order valence-electron chi connectivity index (χ0n) is 10.1. The lowest BCUT2D eigenvalue weighted by Gasteiger charge is -2.36. The third-order valence-electron chi connectivity index (χ3n) is 3.53. The van der Waals surface area contributed by atoms with E-state index in [9.17, 15) is 4.79 Å². The first-order valence-corrected chi connectivity index (χ1v) is 6.30. The van der Waals surface area contributed by atoms with Crippen LogP contribution in [0.25, 0.3) is 0 Å². The van der Waals surface area contributed by atoms with Crippen LogP contribution in [0.3, 0.4) is 0 Å². The quantitative estimate of drug-likeness (QED) is 0.727. The Morgan fingerprint density at radius 2 is 2.38 bits per heavy atom. The minimum atomic E-state index is -0.146. The fourth-order valence-corrected chi connectivity index (χ4v) is 2.51. The smallest absolute Gasteiger partial charge is 0.224 e. The highest BCUT2D eigenvalue weighted by Gasteiger charge is 2.32. The Balaban J connectivity index is 1.85. The summed E-state index contributed by atoms with van der Waals surface area (Å²) in [6.07, 6.45) is 4.18. The van der Waals surface area contributed by atoms with Crippen molar-refractivity contribution in [2.45, 2.75) is 38.1 Å².